The maximum Gasteiger partial charge on any atom is 0.408 e. The van der Waals surface area contributed by atoms with E-state index < -0.39 is 52.3 Å². The largest absolute Gasteiger partial charge is 0.444 e. The van der Waals surface area contributed by atoms with Gasteiger partial charge in [0.15, 0.2) is 11.6 Å². The Balaban J connectivity index is 0.000000297. The maximum absolute atomic E-state index is 12.9. The summed E-state index contributed by atoms with van der Waals surface area (Å²) in [5.41, 5.74) is 2.11. The van der Waals surface area contributed by atoms with E-state index in [1.165, 1.54) is 21.6 Å². The van der Waals surface area contributed by atoms with Gasteiger partial charge in [-0.25, -0.2) is 9.59 Å². The number of ether oxygens (including phenoxy) is 2. The van der Waals surface area contributed by atoms with E-state index >= 15 is 0 Å². The Morgan fingerprint density at radius 3 is 1.26 bits per heavy atom. The quantitative estimate of drug-likeness (QED) is 0.0240. The molecule has 0 radical (unpaired) electrons. The van der Waals surface area contributed by atoms with Crippen LogP contribution in [0.1, 0.15) is 182 Å². The highest BCUT2D eigenvalue weighted by molar-refractivity contribution is 8.76. The van der Waals surface area contributed by atoms with Crippen molar-refractivity contribution in [2.75, 3.05) is 17.3 Å². The summed E-state index contributed by atoms with van der Waals surface area (Å²) in [4.78, 5) is 81.4. The van der Waals surface area contributed by atoms with Crippen LogP contribution in [0.5, 0.6) is 0 Å². The Morgan fingerprint density at radius 2 is 0.917 bits per heavy atom. The van der Waals surface area contributed by atoms with Crippen LogP contribution in [-0.4, -0.2) is 109 Å². The number of thioether (sulfide) groups is 1. The zero-order chi connectivity index (χ0) is 61.2. The van der Waals surface area contributed by atoms with Crippen molar-refractivity contribution in [3.63, 3.8) is 0 Å². The van der Waals surface area contributed by atoms with Gasteiger partial charge in [-0.1, -0.05) is 193 Å². The number of alkyl carbamates (subject to hydrolysis) is 2. The molecule has 84 heavy (non-hydrogen) atoms. The van der Waals surface area contributed by atoms with E-state index in [-0.39, 0.29) is 72.7 Å². The lowest BCUT2D eigenvalue weighted by atomic mass is 9.84. The number of nitrogens with zero attached hydrogens (tertiary/aromatic N) is 4. The number of carbonyl (C=O) groups excluding carboxylic acids is 6. The first-order valence-electron chi connectivity index (χ1n) is 28.0. The number of hydrogen-bond acceptors (Lipinski definition) is 17. The van der Waals surface area contributed by atoms with Crippen LogP contribution in [0.3, 0.4) is 0 Å². The lowest BCUT2D eigenvalue weighted by molar-refractivity contribution is -0.137. The van der Waals surface area contributed by atoms with Gasteiger partial charge in [-0.2, -0.15) is 9.97 Å². The molecule has 2 aliphatic rings. The highest BCUT2D eigenvalue weighted by atomic mass is 33.1. The lowest BCUT2D eigenvalue weighted by Crippen LogP contribution is -2.63. The SMILES string of the molecule is C.CC(C)c1noc([C@H](CSC(c2ccccc2)(c2ccccc2)c2ccccc2)NC(=O)OC(C)(C)C)n1.CC(C)c1noc([C@H](CSSC[C@@H]2NC(=O)C(C(C)C)NC2=O)NC(=O)OC(C)(C)C)n1.CC[C@@H]1NC(=O)[C@H](C(C)C)NC1=O. The number of piperazine rings is 2. The molecule has 1 unspecified atom stereocenters. The molecule has 6 amide bonds. The van der Waals surface area contributed by atoms with Crippen LogP contribution < -0.4 is 31.9 Å². The predicted octanol–water partition coefficient (Wildman–Crippen LogP) is 10.9. The third-order valence-electron chi connectivity index (χ3n) is 12.7. The van der Waals surface area contributed by atoms with Gasteiger partial charge in [-0.15, -0.1) is 11.8 Å². The number of nitrogens with one attached hydrogen (secondary N) is 6. The molecule has 0 saturated carbocycles. The van der Waals surface area contributed by atoms with Crippen LogP contribution in [0.2, 0.25) is 0 Å². The molecule has 5 aromatic rings. The molecular formula is C61H88N10O10S3. The summed E-state index contributed by atoms with van der Waals surface area (Å²) in [6.45, 7) is 28.2. The van der Waals surface area contributed by atoms with Gasteiger partial charge in [0.25, 0.3) is 0 Å². The monoisotopic (exact) mass is 1220 g/mol. The van der Waals surface area contributed by atoms with Crippen molar-refractivity contribution in [1.29, 1.82) is 0 Å². The van der Waals surface area contributed by atoms with Gasteiger partial charge in [-0.3, -0.25) is 19.2 Å². The second kappa shape index (κ2) is 32.1. The Labute approximate surface area is 508 Å². The molecule has 4 heterocycles. The van der Waals surface area contributed by atoms with Crippen molar-refractivity contribution in [2.45, 2.75) is 182 Å². The standard InChI is InChI=1S/C31H35N3O3S.C20H33N5O5S2.C9H16N2O2.CH4/c1-22(2)27-33-28(37-34-27)26(32-29(35)36-30(3,4)5)21-38-31(23-15-9-6-10-16-23,24-17-11-7-12-18-24)25-19-13-8-14-20-25;1-10(2)14-17(27)21-12(16(26)23-14)8-31-32-9-13(22-19(28)29-20(5,6)7)18-24-15(11(3)4)25-30-18;1-4-6-8(12)11-7(5(2)3)9(13)10-6;/h6-20,22,26H,21H2,1-5H3,(H,32,35);10-14H,8-9H2,1-7H3,(H,21,27)(H,22,28)(H,23,26);5-7H,4H2,1-3H3,(H,10,13)(H,11,12);1H4/t26-;12-,13-,14?;6-,7-;/m000./s1. The molecule has 0 spiro atoms. The molecule has 2 fully saturated rings. The molecule has 460 valence electrons. The van der Waals surface area contributed by atoms with Crippen LogP contribution >= 0.6 is 33.3 Å². The first-order valence-corrected chi connectivity index (χ1v) is 31.5. The minimum absolute atomic E-state index is 0. The molecule has 2 saturated heterocycles. The average molecular weight is 1220 g/mol. The Bertz CT molecular complexity index is 2780. The van der Waals surface area contributed by atoms with E-state index in [4.69, 9.17) is 18.5 Å². The van der Waals surface area contributed by atoms with E-state index in [1.54, 1.807) is 32.5 Å². The van der Waals surface area contributed by atoms with Crippen LogP contribution in [0, 0.1) is 11.8 Å². The van der Waals surface area contributed by atoms with Crippen LogP contribution in [-0.2, 0) is 33.4 Å². The van der Waals surface area contributed by atoms with Crippen molar-refractivity contribution in [2.24, 2.45) is 11.8 Å². The number of amides is 6. The third kappa shape index (κ3) is 20.6. The Kier molecular flexibility index (Phi) is 26.7. The fraction of sp³-hybridized carbons (Fsp3) is 0.541. The number of benzene rings is 3. The van der Waals surface area contributed by atoms with E-state index in [1.807, 2.05) is 101 Å². The normalized spacial score (nSPS) is 17.9. The Hall–Kier alpha value is -6.59. The number of aromatic nitrogens is 4. The van der Waals surface area contributed by atoms with Crippen LogP contribution in [0.15, 0.2) is 100 Å². The summed E-state index contributed by atoms with van der Waals surface area (Å²) in [6.07, 6.45) is -0.476. The fourth-order valence-corrected chi connectivity index (χ4v) is 12.2. The zero-order valence-electron chi connectivity index (χ0n) is 50.4. The average Bonchev–Trinajstić information content (AvgIpc) is 2.10. The minimum atomic E-state index is -0.644. The number of rotatable bonds is 20. The van der Waals surface area contributed by atoms with Gasteiger partial charge in [0.2, 0.25) is 35.4 Å². The van der Waals surface area contributed by atoms with E-state index in [2.05, 4.69) is 125 Å². The van der Waals surface area contributed by atoms with Crippen molar-refractivity contribution < 1.29 is 47.3 Å². The summed E-state index contributed by atoms with van der Waals surface area (Å²) < 4.78 is 21.4. The summed E-state index contributed by atoms with van der Waals surface area (Å²) in [5, 5.41) is 24.8. The lowest BCUT2D eigenvalue weighted by Gasteiger charge is -2.36. The summed E-state index contributed by atoms with van der Waals surface area (Å²) >= 11 is 1.71. The second-order valence-corrected chi connectivity index (χ2v) is 27.1. The van der Waals surface area contributed by atoms with Gasteiger partial charge in [-0.05, 0) is 76.5 Å². The van der Waals surface area contributed by atoms with E-state index in [9.17, 15) is 28.8 Å². The summed E-state index contributed by atoms with van der Waals surface area (Å²) in [6, 6.07) is 28.3. The molecule has 20 nitrogen and oxygen atoms in total. The second-order valence-electron chi connectivity index (χ2n) is 23.3. The topological polar surface area (TPSA) is 271 Å². The van der Waals surface area contributed by atoms with Crippen molar-refractivity contribution in [3.8, 4) is 0 Å². The smallest absolute Gasteiger partial charge is 0.408 e. The first kappa shape index (κ1) is 69.9. The predicted molar refractivity (Wildman–Crippen MR) is 332 cm³/mol. The molecule has 6 atom stereocenters. The molecule has 2 aromatic heterocycles. The molecule has 7 rings (SSSR count). The molecule has 2 aliphatic heterocycles. The molecular weight excluding hydrogens is 1130 g/mol. The van der Waals surface area contributed by atoms with Gasteiger partial charge in [0.05, 0.1) is 4.75 Å². The van der Waals surface area contributed by atoms with Gasteiger partial charge in [0, 0.05) is 29.1 Å². The summed E-state index contributed by atoms with van der Waals surface area (Å²) in [7, 11) is 2.84. The van der Waals surface area contributed by atoms with Gasteiger partial charge < -0.3 is 50.4 Å². The van der Waals surface area contributed by atoms with Crippen LogP contribution in [0.4, 0.5) is 9.59 Å². The Morgan fingerprint density at radius 1 is 0.548 bits per heavy atom. The zero-order valence-corrected chi connectivity index (χ0v) is 52.8. The van der Waals surface area contributed by atoms with Crippen molar-refractivity contribution in [3.05, 3.63) is 131 Å². The fourth-order valence-electron chi connectivity index (χ4n) is 8.34. The number of hydrogen-bond donors (Lipinski definition) is 6. The molecule has 6 N–H and O–H groups in total. The molecule has 23 heteroatoms. The van der Waals surface area contributed by atoms with Crippen LogP contribution in [0.25, 0.3) is 0 Å². The minimum Gasteiger partial charge on any atom is -0.444 e. The molecule has 3 aromatic carbocycles. The first-order chi connectivity index (χ1) is 39.1. The number of carbonyl (C=O) groups is 6. The maximum atomic E-state index is 12.9. The van der Waals surface area contributed by atoms with E-state index in [0.717, 1.165) is 16.7 Å². The molecule has 0 bridgehead atoms. The highest BCUT2D eigenvalue weighted by Gasteiger charge is 2.40. The van der Waals surface area contributed by atoms with Crippen molar-refractivity contribution >= 4 is 69.2 Å². The molecule has 0 aliphatic carbocycles. The highest BCUT2D eigenvalue weighted by Crippen LogP contribution is 2.49. The van der Waals surface area contributed by atoms with E-state index in [0.29, 0.717) is 41.2 Å². The van der Waals surface area contributed by atoms with Gasteiger partial charge >= 0.3 is 12.2 Å². The summed E-state index contributed by atoms with van der Waals surface area (Å²) in [5.74, 6) is 2.87. The van der Waals surface area contributed by atoms with Crippen molar-refractivity contribution in [1.82, 2.24) is 52.2 Å². The third-order valence-corrected chi connectivity index (χ3v) is 16.7. The van der Waals surface area contributed by atoms with Gasteiger partial charge in [0.1, 0.15) is 47.5 Å².